The normalized spacial score (nSPS) is 9.79. The Morgan fingerprint density at radius 3 is 2.26 bits per heavy atom. The minimum absolute atomic E-state index is 0.377. The van der Waals surface area contributed by atoms with E-state index >= 15 is 0 Å². The molecule has 0 bridgehead atoms. The predicted octanol–water partition coefficient (Wildman–Crippen LogP) is 3.99. The molecule has 0 fully saturated rings. The molecule has 0 unspecified atom stereocenters. The summed E-state index contributed by atoms with van der Waals surface area (Å²) in [6.45, 7) is 0. The van der Waals surface area contributed by atoms with E-state index in [4.69, 9.17) is 16.3 Å². The highest BCUT2D eigenvalue weighted by molar-refractivity contribution is 6.33. The molecule has 0 radical (unpaired) electrons. The highest BCUT2D eigenvalue weighted by Gasteiger charge is 2.08. The van der Waals surface area contributed by atoms with E-state index in [0.717, 1.165) is 0 Å². The van der Waals surface area contributed by atoms with Crippen LogP contribution < -0.4 is 15.4 Å². The van der Waals surface area contributed by atoms with E-state index in [1.54, 1.807) is 43.5 Å². The zero-order chi connectivity index (χ0) is 13.7. The quantitative estimate of drug-likeness (QED) is 0.890. The van der Waals surface area contributed by atoms with Crippen molar-refractivity contribution in [2.75, 3.05) is 17.7 Å². The average molecular weight is 277 g/mol. The number of amides is 2. The van der Waals surface area contributed by atoms with Crippen LogP contribution in [-0.2, 0) is 0 Å². The van der Waals surface area contributed by atoms with E-state index < -0.39 is 0 Å². The van der Waals surface area contributed by atoms with Crippen molar-refractivity contribution in [2.45, 2.75) is 0 Å². The van der Waals surface area contributed by atoms with E-state index in [1.165, 1.54) is 0 Å². The van der Waals surface area contributed by atoms with Gasteiger partial charge >= 0.3 is 6.03 Å². The summed E-state index contributed by atoms with van der Waals surface area (Å²) in [5, 5.41) is 5.86. The van der Waals surface area contributed by atoms with E-state index in [0.29, 0.717) is 22.1 Å². The number of hydrogen-bond donors (Lipinski definition) is 2. The Balaban J connectivity index is 2.08. The van der Waals surface area contributed by atoms with Crippen molar-refractivity contribution in [1.82, 2.24) is 0 Å². The Morgan fingerprint density at radius 1 is 1.00 bits per heavy atom. The number of urea groups is 1. The summed E-state index contributed by atoms with van der Waals surface area (Å²) in [5.74, 6) is 0.594. The second kappa shape index (κ2) is 6.11. The van der Waals surface area contributed by atoms with E-state index in [1.807, 2.05) is 12.1 Å². The fraction of sp³-hybridized carbons (Fsp3) is 0.0714. The highest BCUT2D eigenvalue weighted by atomic mass is 35.5. The van der Waals surface area contributed by atoms with Crippen LogP contribution in [0.5, 0.6) is 5.75 Å². The molecule has 0 aromatic heterocycles. The summed E-state index contributed by atoms with van der Waals surface area (Å²) < 4.78 is 5.15. The number of ether oxygens (including phenoxy) is 1. The van der Waals surface area contributed by atoms with Crippen LogP contribution in [0.3, 0.4) is 0 Å². The third-order valence-electron chi connectivity index (χ3n) is 2.48. The van der Waals surface area contributed by atoms with E-state index in [-0.39, 0.29) is 6.03 Å². The summed E-state index contributed by atoms with van der Waals surface area (Å²) in [6, 6.07) is 13.8. The van der Waals surface area contributed by atoms with Crippen molar-refractivity contribution < 1.29 is 9.53 Å². The molecule has 2 amide bonds. The molecule has 0 aliphatic carbocycles. The first-order valence-electron chi connectivity index (χ1n) is 5.66. The first-order chi connectivity index (χ1) is 9.20. The maximum atomic E-state index is 11.9. The number of carbonyl (C=O) groups is 1. The molecule has 5 heteroatoms. The number of nitrogens with one attached hydrogen (secondary N) is 2. The van der Waals surface area contributed by atoms with Gasteiger partial charge in [-0.25, -0.2) is 4.79 Å². The van der Waals surface area contributed by atoms with Gasteiger partial charge in [-0.05, 0) is 24.3 Å². The van der Waals surface area contributed by atoms with Crippen molar-refractivity contribution in [1.29, 1.82) is 0 Å². The first kappa shape index (κ1) is 13.2. The zero-order valence-corrected chi connectivity index (χ0v) is 11.1. The Kier molecular flexibility index (Phi) is 4.26. The third-order valence-corrected chi connectivity index (χ3v) is 2.81. The smallest absolute Gasteiger partial charge is 0.323 e. The SMILES string of the molecule is COc1ccccc1NC(=O)Nc1ccccc1Cl. The van der Waals surface area contributed by atoms with Gasteiger partial charge in [0, 0.05) is 0 Å². The molecule has 19 heavy (non-hydrogen) atoms. The molecule has 0 aliphatic rings. The van der Waals surface area contributed by atoms with E-state index in [9.17, 15) is 4.79 Å². The molecule has 0 aliphatic heterocycles. The lowest BCUT2D eigenvalue weighted by Crippen LogP contribution is -2.19. The second-order valence-corrected chi connectivity index (χ2v) is 4.17. The highest BCUT2D eigenvalue weighted by Crippen LogP contribution is 2.24. The number of methoxy groups -OCH3 is 1. The fourth-order valence-electron chi connectivity index (χ4n) is 1.59. The summed E-state index contributed by atoms with van der Waals surface area (Å²) in [6.07, 6.45) is 0. The Bertz CT molecular complexity index is 587. The van der Waals surface area contributed by atoms with Crippen LogP contribution in [0.2, 0.25) is 5.02 Å². The number of rotatable bonds is 3. The minimum atomic E-state index is -0.377. The Labute approximate surface area is 116 Å². The molecule has 0 atom stereocenters. The molecule has 4 nitrogen and oxygen atoms in total. The standard InChI is InChI=1S/C14H13ClN2O2/c1-19-13-9-5-4-8-12(13)17-14(18)16-11-7-3-2-6-10(11)15/h2-9H,1H3,(H2,16,17,18). The van der Waals surface area contributed by atoms with Gasteiger partial charge in [0.2, 0.25) is 0 Å². The first-order valence-corrected chi connectivity index (χ1v) is 6.04. The average Bonchev–Trinajstić information content (AvgIpc) is 2.42. The number of para-hydroxylation sites is 3. The van der Waals surface area contributed by atoms with Crippen molar-refractivity contribution in [3.05, 3.63) is 53.6 Å². The molecule has 0 saturated carbocycles. The van der Waals surface area contributed by atoms with Crippen molar-refractivity contribution in [3.8, 4) is 5.75 Å². The maximum absolute atomic E-state index is 11.9. The van der Waals surface area contributed by atoms with Gasteiger partial charge in [-0.2, -0.15) is 0 Å². The van der Waals surface area contributed by atoms with Gasteiger partial charge in [0.15, 0.2) is 0 Å². The molecular formula is C14H13ClN2O2. The third kappa shape index (κ3) is 3.39. The Hall–Kier alpha value is -2.20. The van der Waals surface area contributed by atoms with Crippen LogP contribution in [-0.4, -0.2) is 13.1 Å². The van der Waals surface area contributed by atoms with Crippen LogP contribution >= 0.6 is 11.6 Å². The van der Waals surface area contributed by atoms with Gasteiger partial charge in [0.1, 0.15) is 5.75 Å². The van der Waals surface area contributed by atoms with Gasteiger partial charge in [-0.1, -0.05) is 35.9 Å². The van der Waals surface area contributed by atoms with Crippen molar-refractivity contribution >= 4 is 29.0 Å². The van der Waals surface area contributed by atoms with Gasteiger partial charge < -0.3 is 15.4 Å². The fourth-order valence-corrected chi connectivity index (χ4v) is 1.77. The lowest BCUT2D eigenvalue weighted by molar-refractivity contribution is 0.262. The summed E-state index contributed by atoms with van der Waals surface area (Å²) in [4.78, 5) is 11.9. The summed E-state index contributed by atoms with van der Waals surface area (Å²) >= 11 is 5.96. The number of hydrogen-bond acceptors (Lipinski definition) is 2. The van der Waals surface area contributed by atoms with Crippen LogP contribution in [0.1, 0.15) is 0 Å². The van der Waals surface area contributed by atoms with Crippen molar-refractivity contribution in [3.63, 3.8) is 0 Å². The maximum Gasteiger partial charge on any atom is 0.323 e. The molecule has 0 spiro atoms. The number of anilines is 2. The number of carbonyl (C=O) groups excluding carboxylic acids is 1. The number of halogens is 1. The zero-order valence-electron chi connectivity index (χ0n) is 10.3. The molecule has 98 valence electrons. The van der Waals surface area contributed by atoms with Crippen molar-refractivity contribution in [2.24, 2.45) is 0 Å². The van der Waals surface area contributed by atoms with Crippen LogP contribution in [0.15, 0.2) is 48.5 Å². The van der Waals surface area contributed by atoms with Gasteiger partial charge in [0.25, 0.3) is 0 Å². The largest absolute Gasteiger partial charge is 0.495 e. The molecule has 2 aromatic carbocycles. The Morgan fingerprint density at radius 2 is 1.58 bits per heavy atom. The molecule has 2 N–H and O–H groups in total. The van der Waals surface area contributed by atoms with Gasteiger partial charge in [0.05, 0.1) is 23.5 Å². The van der Waals surface area contributed by atoms with Crippen LogP contribution in [0.4, 0.5) is 16.2 Å². The summed E-state index contributed by atoms with van der Waals surface area (Å²) in [7, 11) is 1.55. The monoisotopic (exact) mass is 276 g/mol. The minimum Gasteiger partial charge on any atom is -0.495 e. The van der Waals surface area contributed by atoms with Gasteiger partial charge in [-0.3, -0.25) is 0 Å². The molecular weight excluding hydrogens is 264 g/mol. The molecule has 0 heterocycles. The molecule has 0 saturated heterocycles. The molecule has 2 aromatic rings. The van der Waals surface area contributed by atoms with E-state index in [2.05, 4.69) is 10.6 Å². The number of benzene rings is 2. The summed E-state index contributed by atoms with van der Waals surface area (Å²) in [5.41, 5.74) is 1.14. The predicted molar refractivity (Wildman–Crippen MR) is 77.1 cm³/mol. The second-order valence-electron chi connectivity index (χ2n) is 3.76. The lowest BCUT2D eigenvalue weighted by atomic mass is 10.3. The molecule has 2 rings (SSSR count). The van der Waals surface area contributed by atoms with Crippen LogP contribution in [0, 0.1) is 0 Å². The van der Waals surface area contributed by atoms with Gasteiger partial charge in [-0.15, -0.1) is 0 Å². The lowest BCUT2D eigenvalue weighted by Gasteiger charge is -2.11. The topological polar surface area (TPSA) is 50.4 Å². The van der Waals surface area contributed by atoms with Crippen LogP contribution in [0.25, 0.3) is 0 Å².